The Balaban J connectivity index is 2.60. The SMILES string of the molecule is C#CCNC(=O)C(CCCC)Sc1ccccn1. The van der Waals surface area contributed by atoms with Crippen molar-refractivity contribution in [3.63, 3.8) is 0 Å². The smallest absolute Gasteiger partial charge is 0.234 e. The molecule has 0 saturated heterocycles. The molecule has 1 unspecified atom stereocenters. The highest BCUT2D eigenvalue weighted by atomic mass is 32.2. The Hall–Kier alpha value is -1.47. The molecule has 0 aromatic carbocycles. The lowest BCUT2D eigenvalue weighted by Gasteiger charge is -2.14. The number of rotatable bonds is 7. The van der Waals surface area contributed by atoms with Gasteiger partial charge in [0.25, 0.3) is 0 Å². The molecule has 1 N–H and O–H groups in total. The maximum Gasteiger partial charge on any atom is 0.234 e. The highest BCUT2D eigenvalue weighted by molar-refractivity contribution is 8.00. The molecule has 0 aliphatic heterocycles. The van der Waals surface area contributed by atoms with Crippen molar-refractivity contribution in [2.24, 2.45) is 0 Å². The number of pyridine rings is 1. The fraction of sp³-hybridized carbons (Fsp3) is 0.429. The third-order valence-electron chi connectivity index (χ3n) is 2.38. The quantitative estimate of drug-likeness (QED) is 0.606. The lowest BCUT2D eigenvalue weighted by molar-refractivity contribution is -0.120. The Morgan fingerprint density at radius 3 is 3.06 bits per heavy atom. The van der Waals surface area contributed by atoms with Gasteiger partial charge in [-0.2, -0.15) is 0 Å². The average Bonchev–Trinajstić information content (AvgIpc) is 2.42. The van der Waals surface area contributed by atoms with Gasteiger partial charge >= 0.3 is 0 Å². The summed E-state index contributed by atoms with van der Waals surface area (Å²) in [7, 11) is 0. The van der Waals surface area contributed by atoms with E-state index in [1.165, 1.54) is 11.8 Å². The van der Waals surface area contributed by atoms with E-state index in [0.29, 0.717) is 0 Å². The number of carbonyl (C=O) groups excluding carboxylic acids is 1. The minimum absolute atomic E-state index is 0.00273. The van der Waals surface area contributed by atoms with Gasteiger partial charge in [0.05, 0.1) is 16.8 Å². The number of amides is 1. The summed E-state index contributed by atoms with van der Waals surface area (Å²) in [5.74, 6) is 2.41. The number of nitrogens with one attached hydrogen (secondary N) is 1. The molecule has 0 bridgehead atoms. The molecule has 1 aromatic rings. The first-order valence-corrected chi connectivity index (χ1v) is 6.94. The zero-order valence-electron chi connectivity index (χ0n) is 10.6. The van der Waals surface area contributed by atoms with Crippen LogP contribution in [-0.4, -0.2) is 22.7 Å². The van der Waals surface area contributed by atoms with Gasteiger partial charge in [0.1, 0.15) is 0 Å². The summed E-state index contributed by atoms with van der Waals surface area (Å²) in [5.41, 5.74) is 0. The average molecular weight is 262 g/mol. The van der Waals surface area contributed by atoms with Crippen LogP contribution in [0.1, 0.15) is 26.2 Å². The number of hydrogen-bond donors (Lipinski definition) is 1. The van der Waals surface area contributed by atoms with Crippen molar-refractivity contribution >= 4 is 17.7 Å². The van der Waals surface area contributed by atoms with Gasteiger partial charge < -0.3 is 5.32 Å². The molecule has 0 spiro atoms. The molecule has 0 radical (unpaired) electrons. The highest BCUT2D eigenvalue weighted by Gasteiger charge is 2.19. The molecule has 1 aromatic heterocycles. The van der Waals surface area contributed by atoms with Crippen molar-refractivity contribution in [1.29, 1.82) is 0 Å². The molecule has 3 nitrogen and oxygen atoms in total. The van der Waals surface area contributed by atoms with Crippen LogP contribution in [0.2, 0.25) is 0 Å². The van der Waals surface area contributed by atoms with E-state index in [9.17, 15) is 4.79 Å². The van der Waals surface area contributed by atoms with Crippen LogP contribution >= 0.6 is 11.8 Å². The maximum absolute atomic E-state index is 12.0. The summed E-state index contributed by atoms with van der Waals surface area (Å²) < 4.78 is 0. The Kier molecular flexibility index (Phi) is 6.97. The molecule has 4 heteroatoms. The molecule has 0 aliphatic rings. The maximum atomic E-state index is 12.0. The van der Waals surface area contributed by atoms with Gasteiger partial charge in [-0.1, -0.05) is 43.5 Å². The molecule has 1 rings (SSSR count). The van der Waals surface area contributed by atoms with E-state index in [0.717, 1.165) is 24.3 Å². The molecule has 1 atom stereocenters. The van der Waals surface area contributed by atoms with Gasteiger partial charge in [0.15, 0.2) is 0 Å². The third kappa shape index (κ3) is 5.24. The van der Waals surface area contributed by atoms with Crippen molar-refractivity contribution < 1.29 is 4.79 Å². The Bertz CT molecular complexity index is 400. The lowest BCUT2D eigenvalue weighted by Crippen LogP contribution is -2.33. The second-order valence-electron chi connectivity index (χ2n) is 3.84. The molecule has 0 fully saturated rings. The van der Waals surface area contributed by atoms with Crippen LogP contribution in [0.3, 0.4) is 0 Å². The predicted molar refractivity (Wildman–Crippen MR) is 75.2 cm³/mol. The largest absolute Gasteiger partial charge is 0.344 e. The van der Waals surface area contributed by atoms with E-state index >= 15 is 0 Å². The van der Waals surface area contributed by atoms with E-state index in [2.05, 4.69) is 23.1 Å². The van der Waals surface area contributed by atoms with Crippen molar-refractivity contribution in [3.05, 3.63) is 24.4 Å². The molecule has 96 valence electrons. The second-order valence-corrected chi connectivity index (χ2v) is 5.06. The highest BCUT2D eigenvalue weighted by Crippen LogP contribution is 2.24. The van der Waals surface area contributed by atoms with Crippen LogP contribution in [-0.2, 0) is 4.79 Å². The van der Waals surface area contributed by atoms with Crippen molar-refractivity contribution in [1.82, 2.24) is 10.3 Å². The standard InChI is InChI=1S/C14H18N2OS/c1-3-5-8-12(14(17)16-10-4-2)18-13-9-6-7-11-15-13/h2,6-7,9,11-12H,3,5,8,10H2,1H3,(H,16,17). The molecular formula is C14H18N2OS. The number of terminal acetylenes is 1. The van der Waals surface area contributed by atoms with Crippen LogP contribution in [0.25, 0.3) is 0 Å². The van der Waals surface area contributed by atoms with Crippen LogP contribution < -0.4 is 5.32 Å². The summed E-state index contributed by atoms with van der Waals surface area (Å²) in [6.07, 6.45) is 9.81. The van der Waals surface area contributed by atoms with E-state index in [-0.39, 0.29) is 17.7 Å². The summed E-state index contributed by atoms with van der Waals surface area (Å²) in [5, 5.41) is 3.49. The topological polar surface area (TPSA) is 42.0 Å². The summed E-state index contributed by atoms with van der Waals surface area (Å²) in [6, 6.07) is 5.70. The van der Waals surface area contributed by atoms with Gasteiger partial charge in [-0.25, -0.2) is 4.98 Å². The normalized spacial score (nSPS) is 11.6. The van der Waals surface area contributed by atoms with Crippen LogP contribution in [0.5, 0.6) is 0 Å². The number of hydrogen-bond acceptors (Lipinski definition) is 3. The number of aromatic nitrogens is 1. The number of thioether (sulfide) groups is 1. The first-order valence-electron chi connectivity index (χ1n) is 6.06. The monoisotopic (exact) mass is 262 g/mol. The molecule has 0 aliphatic carbocycles. The van der Waals surface area contributed by atoms with Gasteiger partial charge in [0.2, 0.25) is 5.91 Å². The molecule has 1 heterocycles. The molecule has 18 heavy (non-hydrogen) atoms. The predicted octanol–water partition coefficient (Wildman–Crippen LogP) is 2.48. The zero-order chi connectivity index (χ0) is 13.2. The fourth-order valence-corrected chi connectivity index (χ4v) is 2.49. The number of carbonyl (C=O) groups is 1. The van der Waals surface area contributed by atoms with Gasteiger partial charge in [-0.3, -0.25) is 4.79 Å². The van der Waals surface area contributed by atoms with Crippen molar-refractivity contribution in [2.75, 3.05) is 6.54 Å². The van der Waals surface area contributed by atoms with Crippen molar-refractivity contribution in [3.8, 4) is 12.3 Å². The number of nitrogens with zero attached hydrogens (tertiary/aromatic N) is 1. The zero-order valence-corrected chi connectivity index (χ0v) is 11.4. The summed E-state index contributed by atoms with van der Waals surface area (Å²) in [6.45, 7) is 2.39. The first-order chi connectivity index (χ1) is 8.77. The second kappa shape index (κ2) is 8.60. The van der Waals surface area contributed by atoms with Crippen LogP contribution in [0, 0.1) is 12.3 Å². The third-order valence-corrected chi connectivity index (χ3v) is 3.60. The van der Waals surface area contributed by atoms with Crippen molar-refractivity contribution in [2.45, 2.75) is 36.5 Å². The van der Waals surface area contributed by atoms with E-state index in [1.807, 2.05) is 18.2 Å². The Labute approximate surface area is 113 Å². The van der Waals surface area contributed by atoms with Gasteiger partial charge in [-0.05, 0) is 18.6 Å². The Morgan fingerprint density at radius 2 is 2.44 bits per heavy atom. The van der Waals surface area contributed by atoms with Crippen LogP contribution in [0.4, 0.5) is 0 Å². The molecule has 0 saturated carbocycles. The minimum atomic E-state index is -0.117. The summed E-state index contributed by atoms with van der Waals surface area (Å²) >= 11 is 1.50. The van der Waals surface area contributed by atoms with Gasteiger partial charge in [-0.15, -0.1) is 6.42 Å². The van der Waals surface area contributed by atoms with Gasteiger partial charge in [0, 0.05) is 6.20 Å². The van der Waals surface area contributed by atoms with E-state index < -0.39 is 0 Å². The Morgan fingerprint density at radius 1 is 1.61 bits per heavy atom. The summed E-state index contributed by atoms with van der Waals surface area (Å²) in [4.78, 5) is 16.2. The first kappa shape index (κ1) is 14.6. The van der Waals surface area contributed by atoms with E-state index in [1.54, 1.807) is 6.20 Å². The van der Waals surface area contributed by atoms with E-state index in [4.69, 9.17) is 6.42 Å². The molecule has 1 amide bonds. The molecular weight excluding hydrogens is 244 g/mol. The minimum Gasteiger partial charge on any atom is -0.344 e. The fourth-order valence-electron chi connectivity index (χ4n) is 1.45. The lowest BCUT2D eigenvalue weighted by atomic mass is 10.2. The number of unbranched alkanes of at least 4 members (excludes halogenated alkanes) is 1. The van der Waals surface area contributed by atoms with Crippen LogP contribution in [0.15, 0.2) is 29.4 Å².